The second-order valence-corrected chi connectivity index (χ2v) is 12.3. The molecule has 4 aliphatic heterocycles. The van der Waals surface area contributed by atoms with Crippen LogP contribution in [0.2, 0.25) is 0 Å². The molecule has 1 aliphatic carbocycles. The van der Waals surface area contributed by atoms with Gasteiger partial charge in [0.15, 0.2) is 11.5 Å². The zero-order valence-corrected chi connectivity index (χ0v) is 22.6. The lowest BCUT2D eigenvalue weighted by molar-refractivity contribution is -0.220. The molecule has 1 unspecified atom stereocenters. The van der Waals surface area contributed by atoms with E-state index in [-0.39, 0.29) is 6.23 Å². The highest BCUT2D eigenvalue weighted by Crippen LogP contribution is 2.47. The molecule has 6 nitrogen and oxygen atoms in total. The number of para-hydroxylation sites is 1. The van der Waals surface area contributed by atoms with Gasteiger partial charge in [-0.15, -0.1) is 0 Å². The van der Waals surface area contributed by atoms with E-state index in [2.05, 4.69) is 59.1 Å². The van der Waals surface area contributed by atoms with Gasteiger partial charge in [-0.05, 0) is 68.8 Å². The number of piperidine rings is 1. The van der Waals surface area contributed by atoms with Crippen molar-refractivity contribution in [3.05, 3.63) is 47.7 Å². The van der Waals surface area contributed by atoms with Crippen LogP contribution in [0.4, 0.5) is 0 Å². The Morgan fingerprint density at radius 3 is 2.76 bits per heavy atom. The van der Waals surface area contributed by atoms with Crippen molar-refractivity contribution in [2.45, 2.75) is 76.3 Å². The fourth-order valence-electron chi connectivity index (χ4n) is 8.43. The number of hydrogen-bond donors (Lipinski definition) is 1. The third-order valence-electron chi connectivity index (χ3n) is 10.4. The zero-order valence-electron chi connectivity index (χ0n) is 22.6. The Labute approximate surface area is 225 Å². The first-order chi connectivity index (χ1) is 18.7. The summed E-state index contributed by atoms with van der Waals surface area (Å²) in [6.45, 7) is 4.91. The Bertz CT molecular complexity index is 1360. The Morgan fingerprint density at radius 1 is 1.00 bits per heavy atom. The van der Waals surface area contributed by atoms with Gasteiger partial charge >= 0.3 is 0 Å². The van der Waals surface area contributed by atoms with E-state index in [1.807, 2.05) is 6.07 Å². The molecule has 8 rings (SSSR count). The van der Waals surface area contributed by atoms with Crippen molar-refractivity contribution in [2.24, 2.45) is 11.8 Å². The minimum Gasteiger partial charge on any atom is -0.454 e. The summed E-state index contributed by atoms with van der Waals surface area (Å²) in [4.78, 5) is 9.37. The minimum absolute atomic E-state index is 0.279. The lowest BCUT2D eigenvalue weighted by atomic mass is 9.77. The Morgan fingerprint density at radius 2 is 1.87 bits per heavy atom. The van der Waals surface area contributed by atoms with Crippen LogP contribution in [0.3, 0.4) is 0 Å². The van der Waals surface area contributed by atoms with Gasteiger partial charge in [0.2, 0.25) is 6.79 Å². The first-order valence-electron chi connectivity index (χ1n) is 14.8. The van der Waals surface area contributed by atoms with Crippen LogP contribution in [0.15, 0.2) is 36.4 Å². The molecule has 200 valence electrons. The summed E-state index contributed by atoms with van der Waals surface area (Å²) in [5, 5.41) is 1.38. The number of nitrogens with one attached hydrogen (secondary N) is 1. The van der Waals surface area contributed by atoms with E-state index in [9.17, 15) is 0 Å². The first-order valence-corrected chi connectivity index (χ1v) is 14.8. The SMILES string of the molecule is C[C@@H]1OC(C2CCCCC2)N(C)[C@H]2C[C@H]3c4[nH]c5c(-c6ccc7c(c6)OCO7)cccc5c4CCN3C[C@@H]12. The molecule has 3 fully saturated rings. The van der Waals surface area contributed by atoms with Crippen molar-refractivity contribution in [3.8, 4) is 22.6 Å². The highest BCUT2D eigenvalue weighted by molar-refractivity contribution is 5.97. The molecule has 6 heteroatoms. The van der Waals surface area contributed by atoms with Gasteiger partial charge in [-0.25, -0.2) is 0 Å². The number of hydrogen-bond acceptors (Lipinski definition) is 5. The van der Waals surface area contributed by atoms with Crippen LogP contribution in [0, 0.1) is 11.8 Å². The van der Waals surface area contributed by atoms with Crippen molar-refractivity contribution in [2.75, 3.05) is 26.9 Å². The molecular formula is C32H39N3O3. The summed E-state index contributed by atoms with van der Waals surface area (Å²) in [5.41, 5.74) is 6.64. The van der Waals surface area contributed by atoms with Crippen LogP contribution in [-0.2, 0) is 11.2 Å². The van der Waals surface area contributed by atoms with Gasteiger partial charge in [-0.1, -0.05) is 43.5 Å². The van der Waals surface area contributed by atoms with Crippen LogP contribution >= 0.6 is 0 Å². The van der Waals surface area contributed by atoms with Gasteiger partial charge in [0.25, 0.3) is 0 Å². The standard InChI is InChI=1S/C32H39N3O3/c1-19-25-17-35-14-13-24-23-10-6-9-22(21-11-12-28-29(15-21)37-18-36-28)30(23)33-31(24)27(35)16-26(25)34(2)32(38-19)20-7-4-3-5-8-20/h6,9-12,15,19-20,25-27,32-33H,3-5,7-8,13-14,16-18H2,1-2H3/t19-,25-,26-,27-,32?/m0/s1. The number of benzene rings is 2. The maximum Gasteiger partial charge on any atom is 0.231 e. The number of rotatable bonds is 2. The lowest BCUT2D eigenvalue weighted by Gasteiger charge is -2.56. The molecule has 38 heavy (non-hydrogen) atoms. The summed E-state index contributed by atoms with van der Waals surface area (Å²) in [6, 6.07) is 14.1. The maximum absolute atomic E-state index is 6.77. The molecule has 5 heterocycles. The topological polar surface area (TPSA) is 50.0 Å². The van der Waals surface area contributed by atoms with E-state index in [0.29, 0.717) is 36.8 Å². The number of aromatic amines is 1. The monoisotopic (exact) mass is 513 g/mol. The fraction of sp³-hybridized carbons (Fsp3) is 0.562. The molecule has 1 saturated carbocycles. The quantitative estimate of drug-likeness (QED) is 0.448. The predicted octanol–water partition coefficient (Wildman–Crippen LogP) is 6.11. The second kappa shape index (κ2) is 9.00. The van der Waals surface area contributed by atoms with E-state index >= 15 is 0 Å². The highest BCUT2D eigenvalue weighted by Gasteiger charge is 2.49. The van der Waals surface area contributed by atoms with Crippen molar-refractivity contribution < 1.29 is 14.2 Å². The molecule has 5 aliphatic rings. The molecule has 2 saturated heterocycles. The smallest absolute Gasteiger partial charge is 0.231 e. The second-order valence-electron chi connectivity index (χ2n) is 12.3. The number of H-pyrrole nitrogens is 1. The molecule has 5 atom stereocenters. The lowest BCUT2D eigenvalue weighted by Crippen LogP contribution is -2.63. The molecular weight excluding hydrogens is 474 g/mol. The molecule has 0 amide bonds. The van der Waals surface area contributed by atoms with Gasteiger partial charge in [0, 0.05) is 41.7 Å². The van der Waals surface area contributed by atoms with E-state index in [1.54, 1.807) is 0 Å². The van der Waals surface area contributed by atoms with Crippen LogP contribution in [-0.4, -0.2) is 60.1 Å². The van der Waals surface area contributed by atoms with Crippen LogP contribution < -0.4 is 9.47 Å². The summed E-state index contributed by atoms with van der Waals surface area (Å²) in [6.07, 6.45) is 9.65. The van der Waals surface area contributed by atoms with Crippen molar-refractivity contribution in [1.82, 2.24) is 14.8 Å². The van der Waals surface area contributed by atoms with Crippen molar-refractivity contribution in [3.63, 3.8) is 0 Å². The number of aromatic nitrogens is 1. The van der Waals surface area contributed by atoms with Crippen LogP contribution in [0.1, 0.15) is 62.7 Å². The minimum atomic E-state index is 0.279. The summed E-state index contributed by atoms with van der Waals surface area (Å²) >= 11 is 0. The molecule has 1 N–H and O–H groups in total. The maximum atomic E-state index is 6.77. The molecule has 2 aromatic carbocycles. The van der Waals surface area contributed by atoms with Gasteiger partial charge < -0.3 is 19.2 Å². The average molecular weight is 514 g/mol. The van der Waals surface area contributed by atoms with Gasteiger partial charge in [0.1, 0.15) is 6.23 Å². The molecule has 0 radical (unpaired) electrons. The molecule has 3 aromatic rings. The van der Waals surface area contributed by atoms with E-state index in [4.69, 9.17) is 14.2 Å². The largest absolute Gasteiger partial charge is 0.454 e. The van der Waals surface area contributed by atoms with Crippen molar-refractivity contribution >= 4 is 10.9 Å². The van der Waals surface area contributed by atoms with Crippen LogP contribution in [0.25, 0.3) is 22.0 Å². The van der Waals surface area contributed by atoms with Gasteiger partial charge in [-0.3, -0.25) is 9.80 Å². The Hall–Kier alpha value is -2.54. The Balaban J connectivity index is 1.14. The Kier molecular flexibility index (Phi) is 5.53. The number of nitrogens with zero attached hydrogens (tertiary/aromatic N) is 2. The highest BCUT2D eigenvalue weighted by atomic mass is 16.7. The van der Waals surface area contributed by atoms with Gasteiger partial charge in [0.05, 0.1) is 17.7 Å². The van der Waals surface area contributed by atoms with E-state index in [1.165, 1.54) is 71.8 Å². The van der Waals surface area contributed by atoms with Gasteiger partial charge in [-0.2, -0.15) is 0 Å². The number of ether oxygens (including phenoxy) is 3. The molecule has 0 bridgehead atoms. The average Bonchev–Trinajstić information content (AvgIpc) is 3.59. The van der Waals surface area contributed by atoms with Crippen molar-refractivity contribution in [1.29, 1.82) is 0 Å². The number of fused-ring (bicyclic) bond motifs is 7. The molecule has 0 spiro atoms. The summed E-state index contributed by atoms with van der Waals surface area (Å²) in [5.74, 6) is 2.94. The third-order valence-corrected chi connectivity index (χ3v) is 10.4. The predicted molar refractivity (Wildman–Crippen MR) is 148 cm³/mol. The molecule has 1 aromatic heterocycles. The van der Waals surface area contributed by atoms with E-state index in [0.717, 1.165) is 31.0 Å². The van der Waals surface area contributed by atoms with E-state index < -0.39 is 0 Å². The summed E-state index contributed by atoms with van der Waals surface area (Å²) in [7, 11) is 2.35. The fourth-order valence-corrected chi connectivity index (χ4v) is 8.43. The normalized spacial score (nSPS) is 31.7. The third kappa shape index (κ3) is 3.56. The van der Waals surface area contributed by atoms with Crippen LogP contribution in [0.5, 0.6) is 11.5 Å². The first kappa shape index (κ1) is 23.4. The zero-order chi connectivity index (χ0) is 25.4. The summed E-state index contributed by atoms with van der Waals surface area (Å²) < 4.78 is 18.0.